The number of thioether (sulfide) groups is 1. The molecule has 0 saturated heterocycles. The van der Waals surface area contributed by atoms with Crippen molar-refractivity contribution >= 4 is 11.8 Å². The average Bonchev–Trinajstić information content (AvgIpc) is 2.85. The van der Waals surface area contributed by atoms with Crippen molar-refractivity contribution in [3.8, 4) is 0 Å². The molecule has 3 nitrogen and oxygen atoms in total. The third-order valence-corrected chi connectivity index (χ3v) is 4.17. The molecule has 2 atom stereocenters. The Bertz CT molecular complexity index is 582. The topological polar surface area (TPSA) is 29.9 Å². The van der Waals surface area contributed by atoms with Gasteiger partial charge in [-0.05, 0) is 37.8 Å². The molecule has 0 radical (unpaired) electrons. The minimum Gasteiger partial charge on any atom is -0.304 e. The minimum absolute atomic E-state index is 0.0793. The highest BCUT2D eigenvalue weighted by atomic mass is 32.2. The van der Waals surface area contributed by atoms with E-state index >= 15 is 0 Å². The van der Waals surface area contributed by atoms with E-state index in [1.807, 2.05) is 44.8 Å². The minimum atomic E-state index is -0.155. The van der Waals surface area contributed by atoms with Crippen LogP contribution in [-0.4, -0.2) is 16.0 Å². The number of hydrogen-bond acceptors (Lipinski definition) is 3. The lowest BCUT2D eigenvalue weighted by Gasteiger charge is -2.20. The fraction of sp³-hybridized carbons (Fsp3) is 0.400. The first kappa shape index (κ1) is 15.1. The van der Waals surface area contributed by atoms with Gasteiger partial charge in [0.05, 0.1) is 6.20 Å². The van der Waals surface area contributed by atoms with Gasteiger partial charge in [0, 0.05) is 35.8 Å². The molecule has 1 aromatic carbocycles. The maximum atomic E-state index is 13.8. The first-order valence-corrected chi connectivity index (χ1v) is 7.81. The summed E-state index contributed by atoms with van der Waals surface area (Å²) in [5.74, 6) is -0.155. The van der Waals surface area contributed by atoms with Crippen LogP contribution in [0.15, 0.2) is 35.5 Å². The summed E-state index contributed by atoms with van der Waals surface area (Å²) in [4.78, 5) is 0.682. The van der Waals surface area contributed by atoms with Gasteiger partial charge < -0.3 is 5.32 Å². The van der Waals surface area contributed by atoms with Crippen molar-refractivity contribution in [2.45, 2.75) is 30.8 Å². The summed E-state index contributed by atoms with van der Waals surface area (Å²) in [6, 6.07) is 5.67. The zero-order valence-electron chi connectivity index (χ0n) is 12.2. The highest BCUT2D eigenvalue weighted by molar-refractivity contribution is 7.98. The standard InChI is InChI=1S/C15H20FN3S/c1-10(12-5-6-15(20-4)14(16)7-12)18-11(2)13-8-17-19(3)9-13/h5-11,18H,1-4H3/t10-,11-/m1/s1. The van der Waals surface area contributed by atoms with Crippen molar-refractivity contribution in [3.05, 3.63) is 47.5 Å². The highest BCUT2D eigenvalue weighted by Gasteiger charge is 2.13. The summed E-state index contributed by atoms with van der Waals surface area (Å²) in [5.41, 5.74) is 2.08. The van der Waals surface area contributed by atoms with Crippen LogP contribution in [0.1, 0.15) is 37.1 Å². The number of hydrogen-bond donors (Lipinski definition) is 1. The quantitative estimate of drug-likeness (QED) is 0.853. The molecule has 0 spiro atoms. The number of aryl methyl sites for hydroxylation is 1. The van der Waals surface area contributed by atoms with Crippen molar-refractivity contribution in [2.75, 3.05) is 6.26 Å². The van der Waals surface area contributed by atoms with Gasteiger partial charge in [-0.3, -0.25) is 4.68 Å². The third kappa shape index (κ3) is 3.41. The van der Waals surface area contributed by atoms with Gasteiger partial charge in [0.1, 0.15) is 5.82 Å². The lowest BCUT2D eigenvalue weighted by molar-refractivity contribution is 0.490. The zero-order chi connectivity index (χ0) is 14.7. The van der Waals surface area contributed by atoms with Crippen LogP contribution in [0, 0.1) is 5.82 Å². The van der Waals surface area contributed by atoms with E-state index in [4.69, 9.17) is 0 Å². The van der Waals surface area contributed by atoms with Gasteiger partial charge in [-0.2, -0.15) is 5.10 Å². The molecule has 0 aliphatic heterocycles. The summed E-state index contributed by atoms with van der Waals surface area (Å²) >= 11 is 1.42. The summed E-state index contributed by atoms with van der Waals surface area (Å²) < 4.78 is 15.6. The summed E-state index contributed by atoms with van der Waals surface area (Å²) in [6.45, 7) is 4.13. The Morgan fingerprint density at radius 3 is 2.50 bits per heavy atom. The van der Waals surface area contributed by atoms with Crippen LogP contribution in [0.5, 0.6) is 0 Å². The zero-order valence-corrected chi connectivity index (χ0v) is 13.0. The van der Waals surface area contributed by atoms with Crippen LogP contribution < -0.4 is 5.32 Å². The normalized spacial score (nSPS) is 14.2. The number of benzene rings is 1. The lowest BCUT2D eigenvalue weighted by atomic mass is 10.1. The fourth-order valence-corrected chi connectivity index (χ4v) is 2.64. The molecular formula is C15H20FN3S. The lowest BCUT2D eigenvalue weighted by Crippen LogP contribution is -2.22. The summed E-state index contributed by atoms with van der Waals surface area (Å²) in [7, 11) is 1.90. The molecule has 2 aromatic rings. The van der Waals surface area contributed by atoms with Crippen LogP contribution in [-0.2, 0) is 7.05 Å². The van der Waals surface area contributed by atoms with Gasteiger partial charge in [0.15, 0.2) is 0 Å². The molecule has 0 aliphatic carbocycles. The molecule has 1 aromatic heterocycles. The monoisotopic (exact) mass is 293 g/mol. The number of nitrogens with zero attached hydrogens (tertiary/aromatic N) is 2. The van der Waals surface area contributed by atoms with Crippen LogP contribution >= 0.6 is 11.8 Å². The molecule has 5 heteroatoms. The van der Waals surface area contributed by atoms with Gasteiger partial charge >= 0.3 is 0 Å². The van der Waals surface area contributed by atoms with E-state index in [9.17, 15) is 4.39 Å². The molecule has 0 fully saturated rings. The first-order chi connectivity index (χ1) is 9.51. The Kier molecular flexibility index (Phi) is 4.83. The molecule has 0 amide bonds. The average molecular weight is 293 g/mol. The maximum absolute atomic E-state index is 13.8. The number of halogens is 1. The molecule has 0 saturated carbocycles. The molecule has 1 heterocycles. The predicted molar refractivity (Wildman–Crippen MR) is 81.4 cm³/mol. The number of rotatable bonds is 5. The second-order valence-electron chi connectivity index (χ2n) is 4.95. The number of nitrogens with one attached hydrogen (secondary N) is 1. The maximum Gasteiger partial charge on any atom is 0.137 e. The predicted octanol–water partition coefficient (Wildman–Crippen LogP) is 3.69. The molecular weight excluding hydrogens is 273 g/mol. The van der Waals surface area contributed by atoms with E-state index in [0.717, 1.165) is 11.1 Å². The molecule has 20 heavy (non-hydrogen) atoms. The molecule has 0 bridgehead atoms. The van der Waals surface area contributed by atoms with Crippen molar-refractivity contribution in [1.29, 1.82) is 0 Å². The van der Waals surface area contributed by atoms with E-state index in [1.54, 1.807) is 10.7 Å². The van der Waals surface area contributed by atoms with Crippen LogP contribution in [0.3, 0.4) is 0 Å². The van der Waals surface area contributed by atoms with Crippen molar-refractivity contribution < 1.29 is 4.39 Å². The van der Waals surface area contributed by atoms with Crippen LogP contribution in [0.25, 0.3) is 0 Å². The summed E-state index contributed by atoms with van der Waals surface area (Å²) in [5, 5.41) is 7.63. The first-order valence-electron chi connectivity index (χ1n) is 6.59. The molecule has 0 aliphatic rings. The van der Waals surface area contributed by atoms with Crippen molar-refractivity contribution in [1.82, 2.24) is 15.1 Å². The van der Waals surface area contributed by atoms with Crippen LogP contribution in [0.4, 0.5) is 4.39 Å². The van der Waals surface area contributed by atoms with E-state index in [1.165, 1.54) is 11.8 Å². The highest BCUT2D eigenvalue weighted by Crippen LogP contribution is 2.24. The molecule has 1 N–H and O–H groups in total. The van der Waals surface area contributed by atoms with Crippen LogP contribution in [0.2, 0.25) is 0 Å². The summed E-state index contributed by atoms with van der Waals surface area (Å²) in [6.07, 6.45) is 5.72. The number of aromatic nitrogens is 2. The van der Waals surface area contributed by atoms with E-state index in [0.29, 0.717) is 4.90 Å². The molecule has 0 unspecified atom stereocenters. The Morgan fingerprint density at radius 2 is 1.95 bits per heavy atom. The fourth-order valence-electron chi connectivity index (χ4n) is 2.18. The van der Waals surface area contributed by atoms with Gasteiger partial charge in [-0.25, -0.2) is 4.39 Å². The van der Waals surface area contributed by atoms with E-state index < -0.39 is 0 Å². The SMILES string of the molecule is CSc1ccc([C@@H](C)N[C@H](C)c2cnn(C)c2)cc1F. The van der Waals surface area contributed by atoms with Gasteiger partial charge in [-0.1, -0.05) is 6.07 Å². The Morgan fingerprint density at radius 1 is 1.25 bits per heavy atom. The second kappa shape index (κ2) is 6.41. The molecule has 2 rings (SSSR count). The van der Waals surface area contributed by atoms with E-state index in [2.05, 4.69) is 17.3 Å². The van der Waals surface area contributed by atoms with E-state index in [-0.39, 0.29) is 17.9 Å². The van der Waals surface area contributed by atoms with Gasteiger partial charge in [0.2, 0.25) is 0 Å². The van der Waals surface area contributed by atoms with Gasteiger partial charge in [-0.15, -0.1) is 11.8 Å². The Hall–Kier alpha value is -1.33. The Balaban J connectivity index is 2.07. The largest absolute Gasteiger partial charge is 0.304 e. The third-order valence-electron chi connectivity index (χ3n) is 3.40. The van der Waals surface area contributed by atoms with Crippen molar-refractivity contribution in [2.24, 2.45) is 7.05 Å². The molecule has 108 valence electrons. The van der Waals surface area contributed by atoms with Gasteiger partial charge in [0.25, 0.3) is 0 Å². The smallest absolute Gasteiger partial charge is 0.137 e. The second-order valence-corrected chi connectivity index (χ2v) is 5.80. The van der Waals surface area contributed by atoms with Crippen molar-refractivity contribution in [3.63, 3.8) is 0 Å². The Labute approximate surface area is 123 Å².